The number of ether oxygens (including phenoxy) is 4. The Morgan fingerprint density at radius 3 is 2.56 bits per heavy atom. The van der Waals surface area contributed by atoms with Crippen LogP contribution in [0.1, 0.15) is 57.8 Å². The number of aliphatic hydroxyl groups excluding tert-OH is 1. The Labute approximate surface area is 202 Å². The molecule has 0 spiro atoms. The van der Waals surface area contributed by atoms with Crippen LogP contribution < -0.4 is 4.74 Å². The lowest BCUT2D eigenvalue weighted by Gasteiger charge is -2.63. The molecule has 5 rings (SSSR count). The molecule has 4 aliphatic rings. The van der Waals surface area contributed by atoms with Crippen LogP contribution in [0.25, 0.3) is 0 Å². The van der Waals surface area contributed by atoms with E-state index in [1.54, 1.807) is 7.11 Å². The summed E-state index contributed by atoms with van der Waals surface area (Å²) in [5.74, 6) is 1.26. The maximum absolute atomic E-state index is 13.1. The van der Waals surface area contributed by atoms with Gasteiger partial charge < -0.3 is 29.0 Å². The second-order valence-corrected chi connectivity index (χ2v) is 11.1. The topological polar surface area (TPSA) is 77.5 Å². The average Bonchev–Trinajstić information content (AvgIpc) is 2.86. The van der Waals surface area contributed by atoms with E-state index in [-0.39, 0.29) is 35.0 Å². The van der Waals surface area contributed by atoms with Crippen LogP contribution in [0, 0.1) is 22.7 Å². The summed E-state index contributed by atoms with van der Waals surface area (Å²) in [6.07, 6.45) is 3.21. The third-order valence-corrected chi connectivity index (χ3v) is 9.32. The largest absolute Gasteiger partial charge is 0.497 e. The molecule has 0 bridgehead atoms. The fourth-order valence-electron chi connectivity index (χ4n) is 7.30. The first-order chi connectivity index (χ1) is 16.3. The minimum absolute atomic E-state index is 0.0429. The van der Waals surface area contributed by atoms with Gasteiger partial charge >= 0.3 is 0 Å². The van der Waals surface area contributed by atoms with Gasteiger partial charge in [0.2, 0.25) is 5.91 Å². The predicted octanol–water partition coefficient (Wildman–Crippen LogP) is 3.55. The lowest BCUT2D eigenvalue weighted by Crippen LogP contribution is -2.62. The molecule has 7 atom stereocenters. The number of fused-ring (bicyclic) bond motifs is 3. The molecule has 0 radical (unpaired) electrons. The first-order valence-corrected chi connectivity index (χ1v) is 12.8. The van der Waals surface area contributed by atoms with Crippen molar-refractivity contribution in [3.05, 3.63) is 29.8 Å². The van der Waals surface area contributed by atoms with E-state index in [9.17, 15) is 9.90 Å². The van der Waals surface area contributed by atoms with Gasteiger partial charge in [0.15, 0.2) is 6.29 Å². The van der Waals surface area contributed by atoms with Crippen LogP contribution in [-0.2, 0) is 19.0 Å². The number of benzene rings is 1. The van der Waals surface area contributed by atoms with Gasteiger partial charge in [-0.25, -0.2) is 0 Å². The first kappa shape index (κ1) is 24.0. The number of amides is 1. The van der Waals surface area contributed by atoms with Crippen molar-refractivity contribution >= 4 is 5.91 Å². The molecule has 188 valence electrons. The molecule has 2 heterocycles. The van der Waals surface area contributed by atoms with E-state index in [2.05, 4.69) is 13.8 Å². The zero-order chi connectivity index (χ0) is 23.9. The van der Waals surface area contributed by atoms with Crippen molar-refractivity contribution in [2.75, 3.05) is 40.0 Å². The molecule has 1 amide bonds. The Bertz CT molecular complexity index is 870. The highest BCUT2D eigenvalue weighted by molar-refractivity contribution is 5.76. The van der Waals surface area contributed by atoms with E-state index in [1.807, 2.05) is 29.2 Å². The smallest absolute Gasteiger partial charge is 0.223 e. The summed E-state index contributed by atoms with van der Waals surface area (Å²) < 4.78 is 23.6. The Hall–Kier alpha value is -1.67. The molecule has 7 unspecified atom stereocenters. The second-order valence-electron chi connectivity index (χ2n) is 11.1. The number of aliphatic hydroxyl groups is 1. The van der Waals surface area contributed by atoms with E-state index in [4.69, 9.17) is 18.9 Å². The molecule has 1 N–H and O–H groups in total. The summed E-state index contributed by atoms with van der Waals surface area (Å²) >= 11 is 0. The third kappa shape index (κ3) is 4.15. The SMILES string of the molecule is COc1ccc(C2OCC3(C)C(CCC4(C)C(CC(=O)N5CCOCC5)C(O)CCC34)O2)cc1. The molecular formula is C27H39NO6. The van der Waals surface area contributed by atoms with Crippen LogP contribution >= 0.6 is 0 Å². The van der Waals surface area contributed by atoms with Crippen molar-refractivity contribution in [2.24, 2.45) is 22.7 Å². The third-order valence-electron chi connectivity index (χ3n) is 9.32. The van der Waals surface area contributed by atoms with Crippen LogP contribution in [0.2, 0.25) is 0 Å². The van der Waals surface area contributed by atoms with Gasteiger partial charge in [0, 0.05) is 30.5 Å². The summed E-state index contributed by atoms with van der Waals surface area (Å²) in [6.45, 7) is 7.71. The second kappa shape index (κ2) is 9.41. The predicted molar refractivity (Wildman–Crippen MR) is 126 cm³/mol. The lowest BCUT2D eigenvalue weighted by molar-refractivity contribution is -0.312. The van der Waals surface area contributed by atoms with E-state index < -0.39 is 6.10 Å². The lowest BCUT2D eigenvalue weighted by atomic mass is 9.46. The van der Waals surface area contributed by atoms with Gasteiger partial charge in [-0.15, -0.1) is 0 Å². The van der Waals surface area contributed by atoms with Gasteiger partial charge in [0.25, 0.3) is 0 Å². The van der Waals surface area contributed by atoms with Gasteiger partial charge in [0.1, 0.15) is 5.75 Å². The molecule has 2 saturated carbocycles. The van der Waals surface area contributed by atoms with E-state index in [1.165, 1.54) is 0 Å². The van der Waals surface area contributed by atoms with Crippen LogP contribution in [0.5, 0.6) is 5.75 Å². The van der Waals surface area contributed by atoms with Gasteiger partial charge in [0.05, 0.1) is 39.1 Å². The zero-order valence-electron chi connectivity index (χ0n) is 20.7. The summed E-state index contributed by atoms with van der Waals surface area (Å²) in [7, 11) is 1.66. The summed E-state index contributed by atoms with van der Waals surface area (Å²) in [4.78, 5) is 15.0. The minimum Gasteiger partial charge on any atom is -0.497 e. The summed E-state index contributed by atoms with van der Waals surface area (Å²) in [6, 6.07) is 7.88. The van der Waals surface area contributed by atoms with Gasteiger partial charge in [-0.3, -0.25) is 4.79 Å². The number of carbonyl (C=O) groups excluding carboxylic acids is 1. The van der Waals surface area contributed by atoms with Crippen LogP contribution in [0.15, 0.2) is 24.3 Å². The maximum Gasteiger partial charge on any atom is 0.223 e. The van der Waals surface area contributed by atoms with Gasteiger partial charge in [-0.1, -0.05) is 26.0 Å². The molecule has 0 aromatic heterocycles. The Balaban J connectivity index is 1.32. The molecular weight excluding hydrogens is 434 g/mol. The number of morpholine rings is 1. The number of hydrogen-bond acceptors (Lipinski definition) is 6. The molecule has 2 aliphatic heterocycles. The van der Waals surface area contributed by atoms with Crippen molar-refractivity contribution in [3.63, 3.8) is 0 Å². The van der Waals surface area contributed by atoms with Crippen molar-refractivity contribution in [1.82, 2.24) is 4.90 Å². The number of methoxy groups -OCH3 is 1. The molecule has 7 nitrogen and oxygen atoms in total. The zero-order valence-corrected chi connectivity index (χ0v) is 20.7. The first-order valence-electron chi connectivity index (χ1n) is 12.8. The van der Waals surface area contributed by atoms with Crippen LogP contribution in [0.4, 0.5) is 0 Å². The Morgan fingerprint density at radius 2 is 1.85 bits per heavy atom. The highest BCUT2D eigenvalue weighted by Gasteiger charge is 2.61. The number of nitrogens with zero attached hydrogens (tertiary/aromatic N) is 1. The van der Waals surface area contributed by atoms with Crippen LogP contribution in [0.3, 0.4) is 0 Å². The molecule has 1 aromatic carbocycles. The van der Waals surface area contributed by atoms with Crippen molar-refractivity contribution < 1.29 is 28.8 Å². The van der Waals surface area contributed by atoms with Gasteiger partial charge in [-0.2, -0.15) is 0 Å². The van der Waals surface area contributed by atoms with Crippen molar-refractivity contribution in [1.29, 1.82) is 0 Å². The standard InChI is InChI=1S/C27H39NO6/c1-26-11-10-23-27(2,17-33-25(34-23)18-4-6-19(31-3)7-5-18)22(26)9-8-21(29)20(26)16-24(30)28-12-14-32-15-13-28/h4-7,20-23,25,29H,8-17H2,1-3H3. The molecule has 1 aromatic rings. The number of carbonyl (C=O) groups is 1. The normalized spacial score (nSPS) is 40.2. The van der Waals surface area contributed by atoms with Crippen LogP contribution in [-0.4, -0.2) is 68.1 Å². The summed E-state index contributed by atoms with van der Waals surface area (Å²) in [5.41, 5.74) is 0.741. The minimum atomic E-state index is -0.441. The monoisotopic (exact) mass is 473 g/mol. The molecule has 4 fully saturated rings. The summed E-state index contributed by atoms with van der Waals surface area (Å²) in [5, 5.41) is 11.1. The molecule has 2 saturated heterocycles. The highest BCUT2D eigenvalue weighted by Crippen LogP contribution is 2.63. The van der Waals surface area contributed by atoms with E-state index in [0.29, 0.717) is 45.2 Å². The van der Waals surface area contributed by atoms with E-state index >= 15 is 0 Å². The van der Waals surface area contributed by atoms with E-state index in [0.717, 1.165) is 37.0 Å². The molecule has 2 aliphatic carbocycles. The number of rotatable bonds is 4. The number of hydrogen-bond donors (Lipinski definition) is 1. The fourth-order valence-corrected chi connectivity index (χ4v) is 7.30. The van der Waals surface area contributed by atoms with Crippen molar-refractivity contribution in [2.45, 2.75) is 64.4 Å². The van der Waals surface area contributed by atoms with Gasteiger partial charge in [-0.05, 0) is 55.1 Å². The Morgan fingerprint density at radius 1 is 1.12 bits per heavy atom. The maximum atomic E-state index is 13.1. The fraction of sp³-hybridized carbons (Fsp3) is 0.741. The highest BCUT2D eigenvalue weighted by atomic mass is 16.7. The average molecular weight is 474 g/mol. The Kier molecular flexibility index (Phi) is 6.66. The van der Waals surface area contributed by atoms with Crippen molar-refractivity contribution in [3.8, 4) is 5.75 Å². The molecule has 34 heavy (non-hydrogen) atoms. The molecule has 7 heteroatoms. The quantitative estimate of drug-likeness (QED) is 0.721.